The van der Waals surface area contributed by atoms with Crippen molar-refractivity contribution < 1.29 is 9.47 Å². The van der Waals surface area contributed by atoms with E-state index in [4.69, 9.17) is 14.5 Å². The predicted molar refractivity (Wildman–Crippen MR) is 117 cm³/mol. The second-order valence-electron chi connectivity index (χ2n) is 6.20. The minimum Gasteiger partial charge on any atom is -0.493 e. The number of benzene rings is 2. The van der Waals surface area contributed by atoms with Crippen molar-refractivity contribution in [3.63, 3.8) is 0 Å². The molecule has 0 atom stereocenters. The number of aromatic amines is 1. The maximum absolute atomic E-state index is 13.0. The lowest BCUT2D eigenvalue weighted by molar-refractivity contribution is 0.355. The lowest BCUT2D eigenvalue weighted by Gasteiger charge is -2.09. The first-order valence-electron chi connectivity index (χ1n) is 8.53. The minimum absolute atomic E-state index is 0.156. The Morgan fingerprint density at radius 3 is 2.36 bits per heavy atom. The molecule has 5 nitrogen and oxygen atoms in total. The van der Waals surface area contributed by atoms with Crippen LogP contribution >= 0.6 is 27.3 Å². The van der Waals surface area contributed by atoms with Crippen molar-refractivity contribution in [1.29, 1.82) is 0 Å². The largest absolute Gasteiger partial charge is 0.493 e. The zero-order chi connectivity index (χ0) is 19.8. The molecule has 0 spiro atoms. The Balaban J connectivity index is 1.89. The molecule has 142 valence electrons. The molecule has 0 radical (unpaired) electrons. The highest BCUT2D eigenvalue weighted by Gasteiger charge is 2.17. The third kappa shape index (κ3) is 3.21. The molecule has 0 bridgehead atoms. The van der Waals surface area contributed by atoms with Crippen LogP contribution in [-0.4, -0.2) is 24.2 Å². The van der Waals surface area contributed by atoms with Crippen molar-refractivity contribution in [1.82, 2.24) is 9.97 Å². The Morgan fingerprint density at radius 1 is 1.00 bits per heavy atom. The van der Waals surface area contributed by atoms with Crippen molar-refractivity contribution in [3.05, 3.63) is 62.2 Å². The fourth-order valence-corrected chi connectivity index (χ4v) is 4.51. The molecule has 0 saturated carbocycles. The SMILES string of the molecule is COc1ccc(-c2nc3sc(C)c(-c4ccc(Br)cc4)c3c(=O)[nH]2)cc1OC. The average Bonchev–Trinajstić information content (AvgIpc) is 3.04. The average molecular weight is 457 g/mol. The third-order valence-electron chi connectivity index (χ3n) is 4.53. The summed E-state index contributed by atoms with van der Waals surface area (Å²) in [4.78, 5) is 22.4. The van der Waals surface area contributed by atoms with E-state index in [9.17, 15) is 4.79 Å². The van der Waals surface area contributed by atoms with Gasteiger partial charge in [0.05, 0.1) is 19.6 Å². The molecule has 2 aromatic heterocycles. The molecule has 0 aliphatic heterocycles. The summed E-state index contributed by atoms with van der Waals surface area (Å²) in [6.45, 7) is 2.01. The van der Waals surface area contributed by atoms with Crippen molar-refractivity contribution in [2.24, 2.45) is 0 Å². The van der Waals surface area contributed by atoms with Crippen LogP contribution in [0.15, 0.2) is 51.7 Å². The molecule has 0 amide bonds. The number of methoxy groups -OCH3 is 2. The number of halogens is 1. The Kier molecular flexibility index (Phi) is 4.95. The number of ether oxygens (including phenoxy) is 2. The molecular weight excluding hydrogens is 440 g/mol. The Morgan fingerprint density at radius 2 is 1.68 bits per heavy atom. The molecule has 0 fully saturated rings. The molecule has 4 aromatic rings. The van der Waals surface area contributed by atoms with Gasteiger partial charge in [-0.15, -0.1) is 11.3 Å². The summed E-state index contributed by atoms with van der Waals surface area (Å²) in [5, 5.41) is 0.619. The van der Waals surface area contributed by atoms with Gasteiger partial charge in [-0.05, 0) is 42.8 Å². The monoisotopic (exact) mass is 456 g/mol. The lowest BCUT2D eigenvalue weighted by Crippen LogP contribution is -2.09. The molecule has 2 aromatic carbocycles. The number of hydrogen-bond donors (Lipinski definition) is 1. The summed E-state index contributed by atoms with van der Waals surface area (Å²) in [6.07, 6.45) is 0. The summed E-state index contributed by atoms with van der Waals surface area (Å²) < 4.78 is 11.6. The number of fused-ring (bicyclic) bond motifs is 1. The van der Waals surface area contributed by atoms with Gasteiger partial charge in [-0.2, -0.15) is 0 Å². The van der Waals surface area contributed by atoms with E-state index in [1.165, 1.54) is 11.3 Å². The Hall–Kier alpha value is -2.64. The molecule has 0 aliphatic carbocycles. The van der Waals surface area contributed by atoms with Crippen LogP contribution in [0, 0.1) is 6.92 Å². The van der Waals surface area contributed by atoms with Gasteiger partial charge in [0.2, 0.25) is 0 Å². The number of nitrogens with zero attached hydrogens (tertiary/aromatic N) is 1. The topological polar surface area (TPSA) is 64.2 Å². The van der Waals surface area contributed by atoms with E-state index in [1.807, 2.05) is 37.3 Å². The number of thiophene rings is 1. The maximum Gasteiger partial charge on any atom is 0.260 e. The third-order valence-corrected chi connectivity index (χ3v) is 6.06. The summed E-state index contributed by atoms with van der Waals surface area (Å²) in [6, 6.07) is 13.4. The van der Waals surface area contributed by atoms with Gasteiger partial charge in [-0.3, -0.25) is 4.79 Å². The number of nitrogens with one attached hydrogen (secondary N) is 1. The highest BCUT2D eigenvalue weighted by Crippen LogP contribution is 2.37. The van der Waals surface area contributed by atoms with Crippen LogP contribution in [0.2, 0.25) is 0 Å². The van der Waals surface area contributed by atoms with Gasteiger partial charge in [-0.25, -0.2) is 4.98 Å². The normalized spacial score (nSPS) is 11.0. The first kappa shape index (κ1) is 18.7. The molecule has 2 heterocycles. The number of hydrogen-bond acceptors (Lipinski definition) is 5. The summed E-state index contributed by atoms with van der Waals surface area (Å²) >= 11 is 4.97. The van der Waals surface area contributed by atoms with Crippen LogP contribution in [0.3, 0.4) is 0 Å². The van der Waals surface area contributed by atoms with Crippen LogP contribution < -0.4 is 15.0 Å². The van der Waals surface area contributed by atoms with E-state index in [-0.39, 0.29) is 5.56 Å². The Labute approximate surface area is 174 Å². The van der Waals surface area contributed by atoms with E-state index >= 15 is 0 Å². The van der Waals surface area contributed by atoms with E-state index < -0.39 is 0 Å². The minimum atomic E-state index is -0.156. The van der Waals surface area contributed by atoms with Crippen molar-refractivity contribution >= 4 is 37.5 Å². The highest BCUT2D eigenvalue weighted by atomic mass is 79.9. The van der Waals surface area contributed by atoms with Gasteiger partial charge >= 0.3 is 0 Å². The fraction of sp³-hybridized carbons (Fsp3) is 0.143. The highest BCUT2D eigenvalue weighted by molar-refractivity contribution is 9.10. The smallest absolute Gasteiger partial charge is 0.260 e. The number of aromatic nitrogens is 2. The van der Waals surface area contributed by atoms with Gasteiger partial charge in [0.1, 0.15) is 10.7 Å². The van der Waals surface area contributed by atoms with Gasteiger partial charge < -0.3 is 14.5 Å². The lowest BCUT2D eigenvalue weighted by atomic mass is 10.0. The molecule has 28 heavy (non-hydrogen) atoms. The van der Waals surface area contributed by atoms with Crippen LogP contribution in [0.5, 0.6) is 11.5 Å². The molecule has 1 N–H and O–H groups in total. The van der Waals surface area contributed by atoms with Crippen LogP contribution in [0.4, 0.5) is 0 Å². The van der Waals surface area contributed by atoms with Crippen molar-refractivity contribution in [2.45, 2.75) is 6.92 Å². The van der Waals surface area contributed by atoms with Crippen LogP contribution in [0.25, 0.3) is 32.7 Å². The van der Waals surface area contributed by atoms with Gasteiger partial charge in [0.15, 0.2) is 11.5 Å². The van der Waals surface area contributed by atoms with Crippen LogP contribution in [0.1, 0.15) is 4.88 Å². The molecule has 0 unspecified atom stereocenters. The van der Waals surface area contributed by atoms with Crippen LogP contribution in [-0.2, 0) is 0 Å². The van der Waals surface area contributed by atoms with E-state index in [1.54, 1.807) is 26.4 Å². The first-order chi connectivity index (χ1) is 13.5. The van der Waals surface area contributed by atoms with E-state index in [2.05, 4.69) is 20.9 Å². The second kappa shape index (κ2) is 7.41. The molecule has 7 heteroatoms. The van der Waals surface area contributed by atoms with E-state index in [0.717, 1.165) is 26.0 Å². The number of aryl methyl sites for hydroxylation is 1. The molecule has 4 rings (SSSR count). The molecular formula is C21H17BrN2O3S. The predicted octanol–water partition coefficient (Wildman–Crippen LogP) is 5.41. The molecule has 0 aliphatic rings. The fourth-order valence-electron chi connectivity index (χ4n) is 3.20. The van der Waals surface area contributed by atoms with Gasteiger partial charge in [0, 0.05) is 20.5 Å². The van der Waals surface area contributed by atoms with Crippen molar-refractivity contribution in [3.8, 4) is 34.0 Å². The van der Waals surface area contributed by atoms with Crippen molar-refractivity contribution in [2.75, 3.05) is 14.2 Å². The quantitative estimate of drug-likeness (QED) is 0.445. The Bertz CT molecular complexity index is 1230. The molecule has 0 saturated heterocycles. The van der Waals surface area contributed by atoms with Gasteiger partial charge in [-0.1, -0.05) is 28.1 Å². The standard InChI is InChI=1S/C21H17BrN2O3S/c1-11-17(12-4-7-14(22)8-5-12)18-20(25)23-19(24-21(18)28-11)13-6-9-15(26-2)16(10-13)27-3/h4-10H,1-3H3,(H,23,24,25). The zero-order valence-electron chi connectivity index (χ0n) is 15.5. The van der Waals surface area contributed by atoms with Gasteiger partial charge in [0.25, 0.3) is 5.56 Å². The number of H-pyrrole nitrogens is 1. The summed E-state index contributed by atoms with van der Waals surface area (Å²) in [7, 11) is 3.16. The van der Waals surface area contributed by atoms with E-state index in [0.29, 0.717) is 27.5 Å². The number of rotatable bonds is 4. The maximum atomic E-state index is 13.0. The summed E-state index contributed by atoms with van der Waals surface area (Å²) in [5.74, 6) is 1.71. The second-order valence-corrected chi connectivity index (χ2v) is 8.32. The first-order valence-corrected chi connectivity index (χ1v) is 10.1. The summed E-state index contributed by atoms with van der Waals surface area (Å²) in [5.41, 5.74) is 2.53. The zero-order valence-corrected chi connectivity index (χ0v) is 17.9.